The number of allylic oxidation sites excluding steroid dienone is 1. The number of halogens is 1. The Labute approximate surface area is 47.6 Å². The Morgan fingerprint density at radius 2 is 1.80 bits per heavy atom. The SMILES string of the molecule is C=CC.[Cl][Pd]. The average Bonchev–Trinajstić information content (AvgIpc) is 1.46. The van der Waals surface area contributed by atoms with Crippen molar-refractivity contribution in [3.05, 3.63) is 12.7 Å². The standard InChI is InChI=1S/C3H6.ClH.Pd/c1-3-2;;/h3H,1H2,2H3;1H;/q;;+1/p-1. The molecule has 0 radical (unpaired) electrons. The van der Waals surface area contributed by atoms with Gasteiger partial charge in [0.1, 0.15) is 0 Å². The van der Waals surface area contributed by atoms with E-state index in [-0.39, 0.29) is 0 Å². The Morgan fingerprint density at radius 3 is 1.80 bits per heavy atom. The van der Waals surface area contributed by atoms with Crippen molar-refractivity contribution in [2.75, 3.05) is 0 Å². The first kappa shape index (κ1) is 9.19. The fraction of sp³-hybridized carbons (Fsp3) is 0.333. The Kier molecular flexibility index (Phi) is 41.1. The van der Waals surface area contributed by atoms with Crippen molar-refractivity contribution in [2.45, 2.75) is 6.92 Å². The maximum absolute atomic E-state index is 4.49. The topological polar surface area (TPSA) is 0 Å². The van der Waals surface area contributed by atoms with Gasteiger partial charge in [0.15, 0.2) is 0 Å². The van der Waals surface area contributed by atoms with Gasteiger partial charge in [0.2, 0.25) is 0 Å². The third kappa shape index (κ3) is 71.0. The molecular formula is C3H6ClPd. The molecule has 0 amide bonds. The summed E-state index contributed by atoms with van der Waals surface area (Å²) in [5.41, 5.74) is 0. The first-order chi connectivity index (χ1) is 2.41. The van der Waals surface area contributed by atoms with Crippen LogP contribution in [0.2, 0.25) is 0 Å². The van der Waals surface area contributed by atoms with E-state index in [0.717, 1.165) is 0 Å². The minimum absolute atomic E-state index is 1.75. The molecule has 0 saturated carbocycles. The molecule has 0 aliphatic heterocycles. The zero-order valence-corrected chi connectivity index (χ0v) is 5.29. The summed E-state index contributed by atoms with van der Waals surface area (Å²) >= 11 is 2.22. The Morgan fingerprint density at radius 1 is 1.80 bits per heavy atom. The monoisotopic (exact) mass is 183 g/mol. The maximum atomic E-state index is 4.49. The molecule has 0 nitrogen and oxygen atoms in total. The van der Waals surface area contributed by atoms with Gasteiger partial charge in [0, 0.05) is 0 Å². The normalized spacial score (nSPS) is 4.00. The van der Waals surface area contributed by atoms with Gasteiger partial charge in [-0.3, -0.25) is 0 Å². The van der Waals surface area contributed by atoms with Crippen LogP contribution in [0.25, 0.3) is 0 Å². The van der Waals surface area contributed by atoms with E-state index >= 15 is 0 Å². The van der Waals surface area contributed by atoms with Crippen molar-refractivity contribution in [1.29, 1.82) is 0 Å². The molecule has 0 aliphatic rings. The van der Waals surface area contributed by atoms with Crippen LogP contribution in [0.15, 0.2) is 12.7 Å². The van der Waals surface area contributed by atoms with Crippen LogP contribution >= 0.6 is 9.53 Å². The molecule has 0 fully saturated rings. The summed E-state index contributed by atoms with van der Waals surface area (Å²) in [6, 6.07) is 0. The van der Waals surface area contributed by atoms with Gasteiger partial charge in [-0.2, -0.15) is 0 Å². The first-order valence-corrected chi connectivity index (χ1v) is 3.11. The first-order valence-electron chi connectivity index (χ1n) is 1.11. The molecule has 35 valence electrons. The predicted molar refractivity (Wildman–Crippen MR) is 21.7 cm³/mol. The van der Waals surface area contributed by atoms with Crippen LogP contribution in [0.3, 0.4) is 0 Å². The van der Waals surface area contributed by atoms with Crippen molar-refractivity contribution in [3.63, 3.8) is 0 Å². The molecule has 0 heterocycles. The quantitative estimate of drug-likeness (QED) is 0.398. The summed E-state index contributed by atoms with van der Waals surface area (Å²) < 4.78 is 0. The van der Waals surface area contributed by atoms with E-state index in [0.29, 0.717) is 0 Å². The van der Waals surface area contributed by atoms with Crippen molar-refractivity contribution < 1.29 is 18.2 Å². The second-order valence-electron chi connectivity index (χ2n) is 0.408. The van der Waals surface area contributed by atoms with Gasteiger partial charge >= 0.3 is 27.7 Å². The van der Waals surface area contributed by atoms with Crippen molar-refractivity contribution in [2.24, 2.45) is 0 Å². The molecule has 2 heteroatoms. The molecule has 0 spiro atoms. The van der Waals surface area contributed by atoms with E-state index in [1.165, 1.54) is 0 Å². The van der Waals surface area contributed by atoms with Gasteiger partial charge in [-0.05, 0) is 6.92 Å². The van der Waals surface area contributed by atoms with Gasteiger partial charge in [0.25, 0.3) is 0 Å². The molecule has 0 bridgehead atoms. The molecule has 0 rings (SSSR count). The molecule has 0 aliphatic carbocycles. The summed E-state index contributed by atoms with van der Waals surface area (Å²) in [6.45, 7) is 5.25. The van der Waals surface area contributed by atoms with Crippen molar-refractivity contribution in [3.8, 4) is 0 Å². The molecule has 0 N–H and O–H groups in total. The molecule has 0 saturated heterocycles. The third-order valence-electron chi connectivity index (χ3n) is 0. The molecule has 0 aromatic carbocycles. The number of hydrogen-bond acceptors (Lipinski definition) is 0. The van der Waals surface area contributed by atoms with E-state index in [1.807, 2.05) is 6.92 Å². The Balaban J connectivity index is 0. The predicted octanol–water partition coefficient (Wildman–Crippen LogP) is 1.88. The van der Waals surface area contributed by atoms with Crippen LogP contribution in [-0.2, 0) is 18.2 Å². The summed E-state index contributed by atoms with van der Waals surface area (Å²) in [5.74, 6) is 0. The van der Waals surface area contributed by atoms with E-state index in [9.17, 15) is 0 Å². The summed E-state index contributed by atoms with van der Waals surface area (Å²) in [5, 5.41) is 0. The van der Waals surface area contributed by atoms with E-state index < -0.39 is 0 Å². The fourth-order valence-electron chi connectivity index (χ4n) is 0. The van der Waals surface area contributed by atoms with Crippen LogP contribution in [-0.4, -0.2) is 0 Å². The Hall–Kier alpha value is 0.692. The number of rotatable bonds is 0. The van der Waals surface area contributed by atoms with Crippen molar-refractivity contribution >= 4 is 9.53 Å². The fourth-order valence-corrected chi connectivity index (χ4v) is 0. The van der Waals surface area contributed by atoms with E-state index in [4.69, 9.17) is 0 Å². The second kappa shape index (κ2) is 22.3. The van der Waals surface area contributed by atoms with Crippen LogP contribution in [0.4, 0.5) is 0 Å². The molecule has 0 unspecified atom stereocenters. The van der Waals surface area contributed by atoms with Crippen LogP contribution in [0.5, 0.6) is 0 Å². The van der Waals surface area contributed by atoms with E-state index in [2.05, 4.69) is 34.3 Å². The van der Waals surface area contributed by atoms with Gasteiger partial charge < -0.3 is 0 Å². The van der Waals surface area contributed by atoms with Gasteiger partial charge in [0.05, 0.1) is 0 Å². The molecule has 0 aromatic rings. The molecule has 0 atom stereocenters. The van der Waals surface area contributed by atoms with Crippen LogP contribution in [0, 0.1) is 0 Å². The minimum atomic E-state index is 1.75. The third-order valence-corrected chi connectivity index (χ3v) is 0. The average molecular weight is 184 g/mol. The zero-order chi connectivity index (χ0) is 4.71. The summed E-state index contributed by atoms with van der Waals surface area (Å²) in [4.78, 5) is 0. The zero-order valence-electron chi connectivity index (χ0n) is 2.98. The molecule has 5 heavy (non-hydrogen) atoms. The summed E-state index contributed by atoms with van der Waals surface area (Å²) in [7, 11) is 4.49. The van der Waals surface area contributed by atoms with Crippen LogP contribution < -0.4 is 0 Å². The molecular weight excluding hydrogens is 178 g/mol. The molecule has 0 aromatic heterocycles. The van der Waals surface area contributed by atoms with Gasteiger partial charge in [-0.1, -0.05) is 6.08 Å². The summed E-state index contributed by atoms with van der Waals surface area (Å²) in [6.07, 6.45) is 1.75. The van der Waals surface area contributed by atoms with E-state index in [1.54, 1.807) is 6.08 Å². The van der Waals surface area contributed by atoms with Gasteiger partial charge in [-0.25, -0.2) is 0 Å². The van der Waals surface area contributed by atoms with Crippen LogP contribution in [0.1, 0.15) is 6.92 Å². The Bertz CT molecular complexity index is 14.4. The van der Waals surface area contributed by atoms with Crippen molar-refractivity contribution in [1.82, 2.24) is 0 Å². The second-order valence-corrected chi connectivity index (χ2v) is 0.408. The van der Waals surface area contributed by atoms with Gasteiger partial charge in [-0.15, -0.1) is 6.58 Å². The number of hydrogen-bond donors (Lipinski definition) is 0.